The maximum absolute atomic E-state index is 12.7. The Hall–Kier alpha value is -6.28. The van der Waals surface area contributed by atoms with Gasteiger partial charge in [0, 0.05) is 66.5 Å². The number of carbonyl (C=O) groups excluding carboxylic acids is 4. The number of ether oxygens (including phenoxy) is 4. The van der Waals surface area contributed by atoms with Gasteiger partial charge in [-0.2, -0.15) is 0 Å². The van der Waals surface area contributed by atoms with E-state index in [0.717, 1.165) is 90.4 Å². The Balaban J connectivity index is 0.000000214. The van der Waals surface area contributed by atoms with Crippen molar-refractivity contribution in [3.8, 4) is 34.5 Å². The second-order valence-electron chi connectivity index (χ2n) is 16.4. The number of carbonyl (C=O) groups is 4. The summed E-state index contributed by atoms with van der Waals surface area (Å²) in [5.41, 5.74) is 6.90. The molecule has 0 unspecified atom stereocenters. The summed E-state index contributed by atoms with van der Waals surface area (Å²) in [6.07, 6.45) is 8.65. The average Bonchev–Trinajstić information content (AvgIpc) is 3.31. The molecule has 65 heavy (non-hydrogen) atoms. The van der Waals surface area contributed by atoms with E-state index in [0.29, 0.717) is 61.9 Å². The number of aldehydes is 1. The van der Waals surface area contributed by atoms with Gasteiger partial charge in [-0.15, -0.1) is 0 Å². The maximum Gasteiger partial charge on any atom is 0.249 e. The molecule has 0 spiro atoms. The van der Waals surface area contributed by atoms with Gasteiger partial charge in [0.25, 0.3) is 0 Å². The second kappa shape index (κ2) is 25.9. The highest BCUT2D eigenvalue weighted by Gasteiger charge is 2.24. The fourth-order valence-corrected chi connectivity index (χ4v) is 7.48. The Morgan fingerprint density at radius 2 is 1.17 bits per heavy atom. The van der Waals surface area contributed by atoms with Gasteiger partial charge in [-0.3, -0.25) is 19.2 Å². The van der Waals surface area contributed by atoms with E-state index in [9.17, 15) is 34.5 Å². The van der Waals surface area contributed by atoms with Crippen molar-refractivity contribution in [2.24, 2.45) is 0 Å². The molecule has 0 aromatic heterocycles. The van der Waals surface area contributed by atoms with E-state index in [1.807, 2.05) is 40.8 Å². The molecular formula is C51H67N3O11. The summed E-state index contributed by atoms with van der Waals surface area (Å²) in [6, 6.07) is 15.3. The van der Waals surface area contributed by atoms with Gasteiger partial charge in [0.1, 0.15) is 54.3 Å². The molecule has 352 valence electrons. The highest BCUT2D eigenvalue weighted by Crippen LogP contribution is 2.32. The summed E-state index contributed by atoms with van der Waals surface area (Å²) >= 11 is 0. The molecule has 3 aromatic carbocycles. The molecule has 0 radical (unpaired) electrons. The standard InChI is InChI=1S/C19H27NO3.C16H19NO4.C16H21NO4/c1-13(2)20(4)19(22)16-9-6-5-8-15(16)12-23-18-11-7-10-17(21)14(18)3;1-17-16(20)12-6-3-2-5-11(12)10-21-15-8-4-7-14(19)13(15)9-18;1-3-17-16(19)13-7-8-20-9-12(13)10-21-15-6-4-5-14(18)11(15)2/h7,10-11,13,21H,5-6,8-9,12H2,1-4H3;4,7-9,19H,2-3,5-6,10H2,1H3,(H,17,20);4-6,18H,3,7-10H2,1-2H3,(H,17,19). The van der Waals surface area contributed by atoms with Crippen molar-refractivity contribution in [3.05, 3.63) is 105 Å². The van der Waals surface area contributed by atoms with Crippen LogP contribution in [-0.4, -0.2) is 104 Å². The van der Waals surface area contributed by atoms with Crippen LogP contribution in [0.2, 0.25) is 0 Å². The van der Waals surface area contributed by atoms with Crippen LogP contribution >= 0.6 is 0 Å². The number of hydrogen-bond donors (Lipinski definition) is 5. The van der Waals surface area contributed by atoms with Crippen LogP contribution in [0.25, 0.3) is 0 Å². The molecule has 0 saturated heterocycles. The molecule has 3 aliphatic rings. The molecule has 1 heterocycles. The van der Waals surface area contributed by atoms with Crippen LogP contribution in [0, 0.1) is 13.8 Å². The third-order valence-electron chi connectivity index (χ3n) is 11.7. The Morgan fingerprint density at radius 1 is 0.692 bits per heavy atom. The topological polar surface area (TPSA) is 193 Å². The van der Waals surface area contributed by atoms with Crippen molar-refractivity contribution in [3.63, 3.8) is 0 Å². The molecule has 3 aromatic rings. The molecule has 14 nitrogen and oxygen atoms in total. The van der Waals surface area contributed by atoms with Crippen LogP contribution in [0.15, 0.2) is 88.0 Å². The van der Waals surface area contributed by atoms with E-state index in [1.54, 1.807) is 61.3 Å². The lowest BCUT2D eigenvalue weighted by Gasteiger charge is -2.27. The maximum atomic E-state index is 12.7. The minimum Gasteiger partial charge on any atom is -0.508 e. The molecule has 6 rings (SSSR count). The van der Waals surface area contributed by atoms with Crippen LogP contribution < -0.4 is 24.8 Å². The van der Waals surface area contributed by atoms with E-state index < -0.39 is 0 Å². The quantitative estimate of drug-likeness (QED) is 0.0930. The fourth-order valence-electron chi connectivity index (χ4n) is 7.48. The van der Waals surface area contributed by atoms with Crippen molar-refractivity contribution in [1.29, 1.82) is 0 Å². The number of likely N-dealkylation sites (N-methyl/N-ethyl adjacent to an activating group) is 3. The molecule has 0 fully saturated rings. The Bertz CT molecular complexity index is 2230. The van der Waals surface area contributed by atoms with Crippen LogP contribution in [0.3, 0.4) is 0 Å². The lowest BCUT2D eigenvalue weighted by atomic mass is 9.91. The first-order valence-corrected chi connectivity index (χ1v) is 22.4. The fraction of sp³-hybridized carbons (Fsp3) is 0.451. The van der Waals surface area contributed by atoms with E-state index in [-0.39, 0.29) is 59.8 Å². The predicted octanol–water partition coefficient (Wildman–Crippen LogP) is 7.95. The van der Waals surface area contributed by atoms with E-state index in [2.05, 4.69) is 10.6 Å². The predicted molar refractivity (Wildman–Crippen MR) is 250 cm³/mol. The molecule has 3 amide bonds. The number of amides is 3. The molecule has 0 atom stereocenters. The molecule has 0 saturated carbocycles. The monoisotopic (exact) mass is 897 g/mol. The molecule has 1 aliphatic heterocycles. The largest absolute Gasteiger partial charge is 0.508 e. The number of hydrogen-bond acceptors (Lipinski definition) is 11. The SMILES string of the molecule is CCNC(=O)C1=C(COc2cccc(O)c2C)COCC1.CNC(=O)C1=C(COc2cccc(O)c2C=O)CCCC1.Cc1c(O)cccc1OCC1=C(C(=O)N(C)C(C)C)CCCC1. The van der Waals surface area contributed by atoms with Gasteiger partial charge in [0.2, 0.25) is 17.7 Å². The minimum absolute atomic E-state index is 0.0490. The summed E-state index contributed by atoms with van der Waals surface area (Å²) in [5.74, 6) is 1.94. The lowest BCUT2D eigenvalue weighted by Crippen LogP contribution is -2.35. The zero-order valence-corrected chi connectivity index (χ0v) is 39.0. The molecule has 2 aliphatic carbocycles. The Morgan fingerprint density at radius 3 is 1.71 bits per heavy atom. The van der Waals surface area contributed by atoms with E-state index in [1.165, 1.54) is 6.07 Å². The zero-order chi connectivity index (χ0) is 47.5. The van der Waals surface area contributed by atoms with Crippen molar-refractivity contribution in [2.45, 2.75) is 98.4 Å². The summed E-state index contributed by atoms with van der Waals surface area (Å²) in [6.45, 7) is 12.1. The van der Waals surface area contributed by atoms with Crippen LogP contribution in [0.5, 0.6) is 34.5 Å². The third kappa shape index (κ3) is 14.6. The number of aromatic hydroxyl groups is 3. The number of nitrogens with zero attached hydrogens (tertiary/aromatic N) is 1. The summed E-state index contributed by atoms with van der Waals surface area (Å²) < 4.78 is 22.7. The van der Waals surface area contributed by atoms with Crippen molar-refractivity contribution >= 4 is 24.0 Å². The zero-order valence-electron chi connectivity index (χ0n) is 39.0. The number of nitrogens with one attached hydrogen (secondary N) is 2. The van der Waals surface area contributed by atoms with Crippen LogP contribution in [0.4, 0.5) is 0 Å². The summed E-state index contributed by atoms with van der Waals surface area (Å²) in [5, 5.41) is 34.5. The number of phenols is 3. The molecule has 14 heteroatoms. The first-order chi connectivity index (χ1) is 31.2. The first-order valence-electron chi connectivity index (χ1n) is 22.4. The average molecular weight is 898 g/mol. The van der Waals surface area contributed by atoms with E-state index >= 15 is 0 Å². The Kier molecular flexibility index (Phi) is 20.4. The Labute approximate surface area is 383 Å². The van der Waals surface area contributed by atoms with Gasteiger partial charge in [-0.1, -0.05) is 18.2 Å². The highest BCUT2D eigenvalue weighted by atomic mass is 16.5. The number of phenolic OH excluding ortho intramolecular Hbond substituents is 3. The molecular weight excluding hydrogens is 831 g/mol. The molecule has 5 N–H and O–H groups in total. The molecule has 0 bridgehead atoms. The van der Waals surface area contributed by atoms with Crippen molar-refractivity contribution in [1.82, 2.24) is 15.5 Å². The van der Waals surface area contributed by atoms with Gasteiger partial charge in [0.15, 0.2) is 6.29 Å². The summed E-state index contributed by atoms with van der Waals surface area (Å²) in [4.78, 5) is 49.3. The van der Waals surface area contributed by atoms with Crippen molar-refractivity contribution in [2.75, 3.05) is 53.7 Å². The second-order valence-corrected chi connectivity index (χ2v) is 16.4. The van der Waals surface area contributed by atoms with Crippen LogP contribution in [0.1, 0.15) is 100 Å². The van der Waals surface area contributed by atoms with Gasteiger partial charge in [0.05, 0.1) is 18.8 Å². The van der Waals surface area contributed by atoms with Gasteiger partial charge >= 0.3 is 0 Å². The third-order valence-corrected chi connectivity index (χ3v) is 11.7. The van der Waals surface area contributed by atoms with Crippen molar-refractivity contribution < 1.29 is 53.4 Å². The lowest BCUT2D eigenvalue weighted by molar-refractivity contribution is -0.127. The van der Waals surface area contributed by atoms with Crippen LogP contribution in [-0.2, 0) is 19.1 Å². The van der Waals surface area contributed by atoms with Gasteiger partial charge in [-0.05, 0) is 134 Å². The van der Waals surface area contributed by atoms with E-state index in [4.69, 9.17) is 18.9 Å². The minimum atomic E-state index is -0.105. The normalized spacial score (nSPS) is 14.9. The number of rotatable bonds is 15. The number of benzene rings is 3. The van der Waals surface area contributed by atoms with Gasteiger partial charge in [-0.25, -0.2) is 0 Å². The highest BCUT2D eigenvalue weighted by molar-refractivity contribution is 5.95. The smallest absolute Gasteiger partial charge is 0.249 e. The summed E-state index contributed by atoms with van der Waals surface area (Å²) in [7, 11) is 3.47. The van der Waals surface area contributed by atoms with Gasteiger partial charge < -0.3 is 49.8 Å². The first kappa shape index (κ1) is 51.4.